The minimum absolute atomic E-state index is 0.112. The number of alkyl carbamates (subject to hydrolysis) is 1. The predicted octanol–water partition coefficient (Wildman–Crippen LogP) is 6.66. The molecule has 2 aromatic rings. The van der Waals surface area contributed by atoms with E-state index in [0.29, 0.717) is 12.3 Å². The van der Waals surface area contributed by atoms with E-state index in [4.69, 9.17) is 4.74 Å². The number of nitrogens with zero attached hydrogens (tertiary/aromatic N) is 1. The minimum atomic E-state index is -0.936. The van der Waals surface area contributed by atoms with Crippen molar-refractivity contribution in [3.05, 3.63) is 70.8 Å². The van der Waals surface area contributed by atoms with Crippen molar-refractivity contribution in [2.75, 3.05) is 0 Å². The van der Waals surface area contributed by atoms with Crippen LogP contribution in [0, 0.1) is 19.8 Å². The molecule has 0 aliphatic carbocycles. The lowest BCUT2D eigenvalue weighted by Crippen LogP contribution is -2.56. The maximum absolute atomic E-state index is 14.7. The zero-order chi connectivity index (χ0) is 30.9. The molecule has 3 atom stereocenters. The van der Waals surface area contributed by atoms with E-state index in [1.807, 2.05) is 77.1 Å². The van der Waals surface area contributed by atoms with Crippen LogP contribution in [0.2, 0.25) is 0 Å². The molecule has 7 nitrogen and oxygen atoms in total. The van der Waals surface area contributed by atoms with Crippen LogP contribution in [-0.4, -0.2) is 46.5 Å². The average Bonchev–Trinajstić information content (AvgIpc) is 2.83. The molecule has 226 valence electrons. The standard InChI is InChI=1S/C34H51N3O4/c1-22(2)16-17-26(7)37(30(31(38)35-23(3)4)28-19-24(5)18-25(6)20-28)32(39)29(21-27-14-12-11-13-15-27)36-33(40)41-34(8,9)10/h11-15,18-20,22-23,26,29-30H,16-17,21H2,1-10H3,(H,35,38)(H,36,40). The van der Waals surface area contributed by atoms with Gasteiger partial charge in [0.05, 0.1) is 0 Å². The van der Waals surface area contributed by atoms with Crippen molar-refractivity contribution in [3.63, 3.8) is 0 Å². The first-order valence-corrected chi connectivity index (χ1v) is 14.8. The first kappa shape index (κ1) is 33.9. The van der Waals surface area contributed by atoms with E-state index < -0.39 is 23.8 Å². The molecule has 0 bridgehead atoms. The third-order valence-corrected chi connectivity index (χ3v) is 6.68. The van der Waals surface area contributed by atoms with Gasteiger partial charge in [0.25, 0.3) is 0 Å². The van der Waals surface area contributed by atoms with Crippen LogP contribution in [0.25, 0.3) is 0 Å². The highest BCUT2D eigenvalue weighted by Gasteiger charge is 2.39. The molecule has 41 heavy (non-hydrogen) atoms. The molecule has 0 spiro atoms. The number of aryl methyl sites for hydroxylation is 2. The Balaban J connectivity index is 2.67. The van der Waals surface area contributed by atoms with Crippen molar-refractivity contribution in [1.29, 1.82) is 0 Å². The summed E-state index contributed by atoms with van der Waals surface area (Å²) in [6, 6.07) is 13.4. The molecule has 0 heterocycles. The van der Waals surface area contributed by atoms with Gasteiger partial charge in [0.2, 0.25) is 11.8 Å². The van der Waals surface area contributed by atoms with E-state index in [9.17, 15) is 14.4 Å². The zero-order valence-electron chi connectivity index (χ0n) is 26.7. The lowest BCUT2D eigenvalue weighted by Gasteiger charge is -2.39. The highest BCUT2D eigenvalue weighted by atomic mass is 16.6. The predicted molar refractivity (Wildman–Crippen MR) is 166 cm³/mol. The van der Waals surface area contributed by atoms with Gasteiger partial charge >= 0.3 is 6.09 Å². The number of hydrogen-bond acceptors (Lipinski definition) is 4. The van der Waals surface area contributed by atoms with Gasteiger partial charge in [-0.3, -0.25) is 9.59 Å². The Bertz CT molecular complexity index is 1130. The molecule has 0 fully saturated rings. The number of carbonyl (C=O) groups excluding carboxylic acids is 3. The maximum Gasteiger partial charge on any atom is 0.408 e. The lowest BCUT2D eigenvalue weighted by atomic mass is 9.94. The summed E-state index contributed by atoms with van der Waals surface area (Å²) in [7, 11) is 0. The zero-order valence-corrected chi connectivity index (χ0v) is 26.7. The molecule has 0 aromatic heterocycles. The van der Waals surface area contributed by atoms with Gasteiger partial charge in [-0.1, -0.05) is 73.5 Å². The molecule has 2 aromatic carbocycles. The first-order chi connectivity index (χ1) is 19.1. The molecule has 3 unspecified atom stereocenters. The summed E-state index contributed by atoms with van der Waals surface area (Å²) < 4.78 is 5.55. The highest BCUT2D eigenvalue weighted by molar-refractivity contribution is 5.92. The van der Waals surface area contributed by atoms with E-state index in [1.54, 1.807) is 25.7 Å². The molecular formula is C34H51N3O4. The molecule has 0 aliphatic rings. The van der Waals surface area contributed by atoms with E-state index in [1.165, 1.54) is 0 Å². The van der Waals surface area contributed by atoms with Gasteiger partial charge < -0.3 is 20.3 Å². The van der Waals surface area contributed by atoms with E-state index >= 15 is 0 Å². The van der Waals surface area contributed by atoms with Crippen molar-refractivity contribution in [1.82, 2.24) is 15.5 Å². The highest BCUT2D eigenvalue weighted by Crippen LogP contribution is 2.29. The Kier molecular flexibility index (Phi) is 12.4. The monoisotopic (exact) mass is 565 g/mol. The molecule has 2 N–H and O–H groups in total. The molecule has 2 rings (SSSR count). The van der Waals surface area contributed by atoms with Crippen LogP contribution in [-0.2, 0) is 20.7 Å². The van der Waals surface area contributed by atoms with Crippen molar-refractivity contribution < 1.29 is 19.1 Å². The quantitative estimate of drug-likeness (QED) is 0.301. The largest absolute Gasteiger partial charge is 0.444 e. The Hall–Kier alpha value is -3.35. The van der Waals surface area contributed by atoms with Crippen LogP contribution in [0.1, 0.15) is 96.5 Å². The summed E-state index contributed by atoms with van der Waals surface area (Å²) in [4.78, 5) is 43.3. The summed E-state index contributed by atoms with van der Waals surface area (Å²) >= 11 is 0. The summed E-state index contributed by atoms with van der Waals surface area (Å²) in [6.07, 6.45) is 1.19. The number of ether oxygens (including phenoxy) is 1. The average molecular weight is 566 g/mol. The van der Waals surface area contributed by atoms with Crippen LogP contribution in [0.15, 0.2) is 48.5 Å². The summed E-state index contributed by atoms with van der Waals surface area (Å²) in [5.74, 6) is -0.136. The summed E-state index contributed by atoms with van der Waals surface area (Å²) in [5.41, 5.74) is 2.94. The Labute approximate surface area is 247 Å². The van der Waals surface area contributed by atoms with Crippen molar-refractivity contribution >= 4 is 17.9 Å². The first-order valence-electron chi connectivity index (χ1n) is 14.8. The number of benzene rings is 2. The topological polar surface area (TPSA) is 87.7 Å². The molecule has 0 saturated carbocycles. The lowest BCUT2D eigenvalue weighted by molar-refractivity contribution is -0.145. The van der Waals surface area contributed by atoms with Gasteiger partial charge in [-0.15, -0.1) is 0 Å². The number of amides is 3. The Morgan fingerprint density at radius 3 is 1.95 bits per heavy atom. The minimum Gasteiger partial charge on any atom is -0.444 e. The van der Waals surface area contributed by atoms with Crippen molar-refractivity contribution in [3.8, 4) is 0 Å². The second-order valence-corrected chi connectivity index (χ2v) is 12.9. The van der Waals surface area contributed by atoms with E-state index in [2.05, 4.69) is 30.5 Å². The molecule has 0 aliphatic heterocycles. The number of carbonyl (C=O) groups is 3. The molecular weight excluding hydrogens is 514 g/mol. The molecule has 0 radical (unpaired) electrons. The Morgan fingerprint density at radius 1 is 0.854 bits per heavy atom. The van der Waals surface area contributed by atoms with Gasteiger partial charge in [0.15, 0.2) is 0 Å². The fourth-order valence-electron chi connectivity index (χ4n) is 4.96. The molecule has 0 saturated heterocycles. The maximum atomic E-state index is 14.7. The van der Waals surface area contributed by atoms with E-state index in [0.717, 1.165) is 28.7 Å². The second kappa shape index (κ2) is 15.0. The summed E-state index contributed by atoms with van der Waals surface area (Å²) in [5, 5.41) is 5.90. The molecule has 3 amide bonds. The van der Waals surface area contributed by atoms with Crippen LogP contribution >= 0.6 is 0 Å². The SMILES string of the molecule is Cc1cc(C)cc(C(C(=O)NC(C)C)N(C(=O)C(Cc2ccccc2)NC(=O)OC(C)(C)C)C(C)CCC(C)C)c1. The third-order valence-electron chi connectivity index (χ3n) is 6.68. The summed E-state index contributed by atoms with van der Waals surface area (Å²) in [6.45, 7) is 19.4. The van der Waals surface area contributed by atoms with Gasteiger partial charge in [0.1, 0.15) is 17.7 Å². The Morgan fingerprint density at radius 2 is 1.44 bits per heavy atom. The van der Waals surface area contributed by atoms with Gasteiger partial charge in [-0.25, -0.2) is 4.79 Å². The fraction of sp³-hybridized carbons (Fsp3) is 0.559. The van der Waals surface area contributed by atoms with Crippen LogP contribution in [0.4, 0.5) is 4.79 Å². The van der Waals surface area contributed by atoms with Gasteiger partial charge in [0, 0.05) is 18.5 Å². The fourth-order valence-corrected chi connectivity index (χ4v) is 4.96. The van der Waals surface area contributed by atoms with Crippen molar-refractivity contribution in [2.24, 2.45) is 5.92 Å². The smallest absolute Gasteiger partial charge is 0.408 e. The number of hydrogen-bond donors (Lipinski definition) is 2. The third kappa shape index (κ3) is 11.2. The van der Waals surface area contributed by atoms with Crippen LogP contribution in [0.3, 0.4) is 0 Å². The van der Waals surface area contributed by atoms with Crippen molar-refractivity contribution in [2.45, 2.75) is 118 Å². The number of nitrogens with one attached hydrogen (secondary N) is 2. The van der Waals surface area contributed by atoms with Gasteiger partial charge in [-0.2, -0.15) is 0 Å². The van der Waals surface area contributed by atoms with E-state index in [-0.39, 0.29) is 30.3 Å². The normalized spacial score (nSPS) is 13.9. The van der Waals surface area contributed by atoms with Crippen LogP contribution < -0.4 is 10.6 Å². The number of rotatable bonds is 12. The van der Waals surface area contributed by atoms with Crippen LogP contribution in [0.5, 0.6) is 0 Å². The van der Waals surface area contributed by atoms with Gasteiger partial charge in [-0.05, 0) is 85.3 Å². The second-order valence-electron chi connectivity index (χ2n) is 12.9. The molecule has 7 heteroatoms.